The van der Waals surface area contributed by atoms with E-state index < -0.39 is 82.2 Å². The van der Waals surface area contributed by atoms with E-state index in [1.165, 1.54) is 20.8 Å². The fourth-order valence-electron chi connectivity index (χ4n) is 6.71. The summed E-state index contributed by atoms with van der Waals surface area (Å²) < 4.78 is 123. The molecule has 0 spiro atoms. The number of hydrogen-bond acceptors (Lipinski definition) is 5. The molecular weight excluding hydrogens is 714 g/mol. The van der Waals surface area contributed by atoms with E-state index >= 15 is 8.78 Å². The van der Waals surface area contributed by atoms with Gasteiger partial charge in [-0.15, -0.1) is 0 Å². The van der Waals surface area contributed by atoms with Crippen molar-refractivity contribution in [1.82, 2.24) is 14.8 Å². The number of carbonyl (C=O) groups is 2. The van der Waals surface area contributed by atoms with E-state index in [0.717, 1.165) is 42.3 Å². The summed E-state index contributed by atoms with van der Waals surface area (Å²) in [6, 6.07) is 0.169. The monoisotopic (exact) mass is 757 g/mol. The van der Waals surface area contributed by atoms with Crippen molar-refractivity contribution in [3.63, 3.8) is 0 Å². The van der Waals surface area contributed by atoms with Crippen LogP contribution < -0.4 is 10.9 Å². The number of carbonyl (C=O) groups excluding carboxylic acids is 2. The first-order valence-electron chi connectivity index (χ1n) is 17.3. The zero-order chi connectivity index (χ0) is 39.6. The molecule has 7 nitrogen and oxygen atoms in total. The predicted octanol–water partition coefficient (Wildman–Crippen LogP) is 8.40. The standard InChI is InChI=1S/C38H43F8N3O4/c1-7-53-31(51)18-28(33-34(39)22(5)16-25(35(33)40)32-21(4)9-10-26(23(32)6)37(41,42)43)47-36(52)29(15-20(2)3)49-19-24(11-14-48-12-8-13-48)27(17-30(49)50)38(44,45)46/h9-10,16-17,19-20,28-29H,7-8,11-15,18H2,1-6H3,(H,47,52)/t28-,29?/m0/s1. The molecule has 53 heavy (non-hydrogen) atoms. The van der Waals surface area contributed by atoms with Crippen LogP contribution in [0, 0.1) is 38.3 Å². The highest BCUT2D eigenvalue weighted by Gasteiger charge is 2.38. The molecule has 1 fully saturated rings. The van der Waals surface area contributed by atoms with Crippen molar-refractivity contribution in [2.45, 2.75) is 91.7 Å². The first kappa shape index (κ1) is 41.5. The summed E-state index contributed by atoms with van der Waals surface area (Å²) in [6.07, 6.45) is -8.76. The zero-order valence-corrected chi connectivity index (χ0v) is 30.3. The van der Waals surface area contributed by atoms with Gasteiger partial charge in [0.2, 0.25) is 5.91 Å². The molecule has 0 aliphatic carbocycles. The van der Waals surface area contributed by atoms with Gasteiger partial charge in [0, 0.05) is 29.9 Å². The number of likely N-dealkylation sites (tertiary alicyclic amines) is 1. The summed E-state index contributed by atoms with van der Waals surface area (Å²) in [6.45, 7) is 10.3. The van der Waals surface area contributed by atoms with Gasteiger partial charge in [0.15, 0.2) is 0 Å². The number of nitrogens with zero attached hydrogens (tertiary/aromatic N) is 2. The smallest absolute Gasteiger partial charge is 0.416 e. The Kier molecular flexibility index (Phi) is 12.8. The summed E-state index contributed by atoms with van der Waals surface area (Å²) in [4.78, 5) is 42.2. The maximum absolute atomic E-state index is 16.7. The van der Waals surface area contributed by atoms with Crippen LogP contribution in [-0.2, 0) is 33.1 Å². The van der Waals surface area contributed by atoms with E-state index in [1.54, 1.807) is 13.8 Å². The number of alkyl halides is 6. The average molecular weight is 758 g/mol. The quantitative estimate of drug-likeness (QED) is 0.140. The number of nitrogens with one attached hydrogen (secondary N) is 1. The molecule has 15 heteroatoms. The van der Waals surface area contributed by atoms with E-state index in [4.69, 9.17) is 4.74 Å². The lowest BCUT2D eigenvalue weighted by Gasteiger charge is -2.31. The predicted molar refractivity (Wildman–Crippen MR) is 182 cm³/mol. The minimum absolute atomic E-state index is 0.0759. The highest BCUT2D eigenvalue weighted by Crippen LogP contribution is 2.41. The number of hydrogen-bond donors (Lipinski definition) is 1. The Bertz CT molecular complexity index is 1900. The number of pyridine rings is 1. The van der Waals surface area contributed by atoms with Gasteiger partial charge < -0.3 is 19.5 Å². The van der Waals surface area contributed by atoms with Crippen LogP contribution in [0.4, 0.5) is 35.1 Å². The SMILES string of the molecule is CCOC(=O)C[C@H](NC(=O)C(CC(C)C)n1cc(CCN2CCC2)c(C(F)(F)F)cc1=O)c1c(F)c(C)cc(-c2c(C)ccc(C(F)(F)F)c2C)c1F. The molecule has 2 atom stereocenters. The maximum Gasteiger partial charge on any atom is 0.416 e. The lowest BCUT2D eigenvalue weighted by atomic mass is 9.87. The average Bonchev–Trinajstić information content (AvgIpc) is 3.01. The van der Waals surface area contributed by atoms with Gasteiger partial charge in [0.05, 0.1) is 30.2 Å². The summed E-state index contributed by atoms with van der Waals surface area (Å²) in [7, 11) is 0. The van der Waals surface area contributed by atoms with Crippen molar-refractivity contribution < 1.29 is 49.4 Å². The topological polar surface area (TPSA) is 80.6 Å². The molecule has 2 heterocycles. The molecule has 0 bridgehead atoms. The molecule has 1 amide bonds. The first-order chi connectivity index (χ1) is 24.6. The van der Waals surface area contributed by atoms with Gasteiger partial charge in [-0.05, 0) is 106 Å². The van der Waals surface area contributed by atoms with Crippen molar-refractivity contribution in [2.75, 3.05) is 26.2 Å². The van der Waals surface area contributed by atoms with Crippen LogP contribution in [0.3, 0.4) is 0 Å². The number of ether oxygens (including phenoxy) is 1. The lowest BCUT2D eigenvalue weighted by molar-refractivity contribution is -0.144. The van der Waals surface area contributed by atoms with E-state index in [-0.39, 0.29) is 59.7 Å². The summed E-state index contributed by atoms with van der Waals surface area (Å²) in [5, 5.41) is 2.45. The van der Waals surface area contributed by atoms with Gasteiger partial charge in [0.25, 0.3) is 5.56 Å². The van der Waals surface area contributed by atoms with Crippen LogP contribution in [0.25, 0.3) is 11.1 Å². The Labute approximate surface area is 302 Å². The minimum Gasteiger partial charge on any atom is -0.466 e. The molecule has 290 valence electrons. The van der Waals surface area contributed by atoms with Crippen LogP contribution >= 0.6 is 0 Å². The number of amides is 1. The third-order valence-corrected chi connectivity index (χ3v) is 9.45. The van der Waals surface area contributed by atoms with Gasteiger partial charge >= 0.3 is 18.3 Å². The molecule has 3 aromatic rings. The van der Waals surface area contributed by atoms with Crippen molar-refractivity contribution >= 4 is 11.9 Å². The molecule has 1 saturated heterocycles. The molecule has 1 aliphatic rings. The molecule has 1 aromatic heterocycles. The molecule has 2 aromatic carbocycles. The number of benzene rings is 2. The summed E-state index contributed by atoms with van der Waals surface area (Å²) in [5.74, 6) is -4.86. The fourth-order valence-corrected chi connectivity index (χ4v) is 6.71. The Morgan fingerprint density at radius 3 is 2.11 bits per heavy atom. The second-order valence-corrected chi connectivity index (χ2v) is 13.8. The normalized spacial score (nSPS) is 14.9. The number of aryl methyl sites for hydroxylation is 2. The maximum atomic E-state index is 16.7. The Morgan fingerprint density at radius 2 is 1.57 bits per heavy atom. The van der Waals surface area contributed by atoms with Crippen LogP contribution in [-0.4, -0.2) is 47.6 Å². The van der Waals surface area contributed by atoms with Gasteiger partial charge in [-0.25, -0.2) is 8.78 Å². The fraction of sp³-hybridized carbons (Fsp3) is 0.500. The Hall–Kier alpha value is -4.27. The Balaban J connectivity index is 1.87. The van der Waals surface area contributed by atoms with Gasteiger partial charge in [-0.2, -0.15) is 26.3 Å². The summed E-state index contributed by atoms with van der Waals surface area (Å²) in [5.41, 5.74) is -5.26. The molecule has 0 saturated carbocycles. The van der Waals surface area contributed by atoms with Gasteiger partial charge in [-0.1, -0.05) is 19.9 Å². The minimum atomic E-state index is -4.86. The highest BCUT2D eigenvalue weighted by atomic mass is 19.4. The van der Waals surface area contributed by atoms with Crippen LogP contribution in [0.5, 0.6) is 0 Å². The molecule has 4 rings (SSSR count). The highest BCUT2D eigenvalue weighted by molar-refractivity contribution is 5.82. The number of esters is 1. The van der Waals surface area contributed by atoms with Gasteiger partial charge in [0.1, 0.15) is 17.7 Å². The van der Waals surface area contributed by atoms with E-state index in [0.29, 0.717) is 19.2 Å². The molecule has 1 N–H and O–H groups in total. The van der Waals surface area contributed by atoms with E-state index in [2.05, 4.69) is 5.32 Å². The number of aromatic nitrogens is 1. The zero-order valence-electron chi connectivity index (χ0n) is 30.3. The van der Waals surface area contributed by atoms with Gasteiger partial charge in [-0.3, -0.25) is 14.4 Å². The van der Waals surface area contributed by atoms with Crippen molar-refractivity contribution in [3.8, 4) is 11.1 Å². The largest absolute Gasteiger partial charge is 0.466 e. The third-order valence-electron chi connectivity index (χ3n) is 9.45. The van der Waals surface area contributed by atoms with Crippen molar-refractivity contribution in [1.29, 1.82) is 0 Å². The van der Waals surface area contributed by atoms with Crippen LogP contribution in [0.2, 0.25) is 0 Å². The van der Waals surface area contributed by atoms with Crippen LogP contribution in [0.15, 0.2) is 35.3 Å². The van der Waals surface area contributed by atoms with E-state index in [9.17, 15) is 40.7 Å². The lowest BCUT2D eigenvalue weighted by Crippen LogP contribution is -2.41. The third kappa shape index (κ3) is 9.46. The molecule has 0 radical (unpaired) electrons. The molecule has 1 unspecified atom stereocenters. The number of rotatable bonds is 13. The second kappa shape index (κ2) is 16.4. The van der Waals surface area contributed by atoms with Crippen molar-refractivity contribution in [3.05, 3.63) is 91.4 Å². The van der Waals surface area contributed by atoms with Crippen molar-refractivity contribution in [2.24, 2.45) is 5.92 Å². The molecular formula is C38H43F8N3O4. The molecule has 1 aliphatic heterocycles. The van der Waals surface area contributed by atoms with Crippen LogP contribution in [0.1, 0.15) is 91.1 Å². The Morgan fingerprint density at radius 1 is 0.925 bits per heavy atom. The first-order valence-corrected chi connectivity index (χ1v) is 17.3. The second-order valence-electron chi connectivity index (χ2n) is 13.8. The number of halogens is 8. The summed E-state index contributed by atoms with van der Waals surface area (Å²) >= 11 is 0. The van der Waals surface area contributed by atoms with E-state index in [1.807, 2.05) is 4.90 Å².